The van der Waals surface area contributed by atoms with Gasteiger partial charge in [-0.05, 0) is 65.6 Å². The van der Waals surface area contributed by atoms with Crippen molar-refractivity contribution in [1.82, 2.24) is 5.32 Å². The molecule has 0 unspecified atom stereocenters. The van der Waals surface area contributed by atoms with Gasteiger partial charge in [0.25, 0.3) is 0 Å². The lowest BCUT2D eigenvalue weighted by Gasteiger charge is -2.31. The minimum absolute atomic E-state index is 0.00973. The van der Waals surface area contributed by atoms with Crippen LogP contribution in [0.2, 0.25) is 0 Å². The molecule has 0 aliphatic heterocycles. The highest BCUT2D eigenvalue weighted by Crippen LogP contribution is 2.37. The van der Waals surface area contributed by atoms with Crippen LogP contribution in [0.15, 0.2) is 66.7 Å². The van der Waals surface area contributed by atoms with E-state index in [2.05, 4.69) is 5.32 Å². The number of hydrogen-bond acceptors (Lipinski definition) is 3. The van der Waals surface area contributed by atoms with Gasteiger partial charge in [0.2, 0.25) is 5.91 Å². The Kier molecular flexibility index (Phi) is 6.95. The number of carbonyl (C=O) groups is 1. The number of amides is 1. The lowest BCUT2D eigenvalue weighted by molar-refractivity contribution is -0.137. The largest absolute Gasteiger partial charge is 0.508 e. The molecule has 4 nitrogen and oxygen atoms in total. The first-order chi connectivity index (χ1) is 15.5. The Morgan fingerprint density at radius 1 is 0.848 bits per heavy atom. The summed E-state index contributed by atoms with van der Waals surface area (Å²) in [5, 5.41) is 21.8. The van der Waals surface area contributed by atoms with Crippen LogP contribution in [-0.2, 0) is 22.9 Å². The lowest BCUT2D eigenvalue weighted by atomic mass is 9.73. The van der Waals surface area contributed by atoms with Crippen LogP contribution in [-0.4, -0.2) is 16.1 Å². The van der Waals surface area contributed by atoms with Crippen molar-refractivity contribution in [2.75, 3.05) is 0 Å². The molecule has 1 amide bonds. The maximum Gasteiger partial charge on any atom is 0.416 e. The number of phenols is 2. The van der Waals surface area contributed by atoms with Crippen LogP contribution < -0.4 is 5.32 Å². The summed E-state index contributed by atoms with van der Waals surface area (Å²) < 4.78 is 52.2. The lowest BCUT2D eigenvalue weighted by Crippen LogP contribution is -2.29. The Bertz CT molecular complexity index is 1060. The third kappa shape index (κ3) is 6.03. The first-order valence-electron chi connectivity index (χ1n) is 10.2. The molecule has 0 aromatic heterocycles. The summed E-state index contributed by atoms with van der Waals surface area (Å²) in [6.45, 7) is 1.68. The van der Waals surface area contributed by atoms with Crippen LogP contribution in [0.5, 0.6) is 11.5 Å². The van der Waals surface area contributed by atoms with E-state index in [-0.39, 0.29) is 30.0 Å². The van der Waals surface area contributed by atoms with Crippen molar-refractivity contribution in [2.45, 2.75) is 37.9 Å². The molecule has 0 atom stereocenters. The number of aromatic hydroxyl groups is 2. The van der Waals surface area contributed by atoms with Crippen LogP contribution in [0.4, 0.5) is 17.6 Å². The molecule has 3 aromatic carbocycles. The number of nitrogens with one attached hydrogen (secondary N) is 1. The fraction of sp³-hybridized carbons (Fsp3) is 0.240. The summed E-state index contributed by atoms with van der Waals surface area (Å²) >= 11 is 0. The second-order valence-electron chi connectivity index (χ2n) is 8.05. The van der Waals surface area contributed by atoms with E-state index < -0.39 is 28.9 Å². The molecule has 0 heterocycles. The Morgan fingerprint density at radius 3 is 1.85 bits per heavy atom. The molecule has 33 heavy (non-hydrogen) atoms. The summed E-state index contributed by atoms with van der Waals surface area (Å²) in [4.78, 5) is 12.5. The van der Waals surface area contributed by atoms with Crippen molar-refractivity contribution < 1.29 is 32.6 Å². The molecule has 3 N–H and O–H groups in total. The predicted octanol–water partition coefficient (Wildman–Crippen LogP) is 5.66. The molecular weight excluding hydrogens is 438 g/mol. The van der Waals surface area contributed by atoms with Crippen molar-refractivity contribution in [3.05, 3.63) is 94.8 Å². The van der Waals surface area contributed by atoms with Gasteiger partial charge in [-0.15, -0.1) is 0 Å². The highest BCUT2D eigenvalue weighted by Gasteiger charge is 2.32. The fourth-order valence-corrected chi connectivity index (χ4v) is 3.68. The second kappa shape index (κ2) is 9.52. The van der Waals surface area contributed by atoms with E-state index in [0.29, 0.717) is 12.5 Å². The highest BCUT2D eigenvalue weighted by atomic mass is 19.4. The Labute approximate surface area is 188 Å². The number of hydrogen-bond donors (Lipinski definition) is 3. The van der Waals surface area contributed by atoms with Crippen LogP contribution in [0.3, 0.4) is 0 Å². The molecule has 0 spiro atoms. The van der Waals surface area contributed by atoms with E-state index in [1.54, 1.807) is 24.3 Å². The zero-order chi connectivity index (χ0) is 24.2. The summed E-state index contributed by atoms with van der Waals surface area (Å²) in [6.07, 6.45) is -4.30. The van der Waals surface area contributed by atoms with Gasteiger partial charge >= 0.3 is 6.18 Å². The van der Waals surface area contributed by atoms with E-state index in [1.807, 2.05) is 6.92 Å². The highest BCUT2D eigenvalue weighted by molar-refractivity contribution is 5.76. The first-order valence-corrected chi connectivity index (χ1v) is 10.2. The van der Waals surface area contributed by atoms with Gasteiger partial charge in [0.1, 0.15) is 17.3 Å². The maximum absolute atomic E-state index is 13.6. The van der Waals surface area contributed by atoms with E-state index in [9.17, 15) is 32.6 Å². The van der Waals surface area contributed by atoms with Crippen LogP contribution in [0, 0.1) is 5.82 Å². The summed E-state index contributed by atoms with van der Waals surface area (Å²) in [5.41, 5.74) is -0.0897. The number of rotatable bonds is 7. The number of benzene rings is 3. The summed E-state index contributed by atoms with van der Waals surface area (Å²) in [5.74, 6) is -1.24. The number of phenolic OH excluding ortho intramolecular Hbond substituents is 2. The number of halogens is 4. The van der Waals surface area contributed by atoms with Gasteiger partial charge < -0.3 is 15.5 Å². The average Bonchev–Trinajstić information content (AvgIpc) is 2.76. The minimum atomic E-state index is -4.68. The minimum Gasteiger partial charge on any atom is -0.508 e. The molecule has 3 aromatic rings. The molecule has 0 saturated carbocycles. The monoisotopic (exact) mass is 461 g/mol. The van der Waals surface area contributed by atoms with Gasteiger partial charge in [0.15, 0.2) is 0 Å². The van der Waals surface area contributed by atoms with Crippen LogP contribution in [0.1, 0.15) is 42.0 Å². The normalized spacial score (nSPS) is 11.9. The summed E-state index contributed by atoms with van der Waals surface area (Å²) in [6, 6.07) is 15.3. The molecular formula is C25H23F4NO3. The van der Waals surface area contributed by atoms with Crippen molar-refractivity contribution in [3.63, 3.8) is 0 Å². The third-order valence-corrected chi connectivity index (χ3v) is 5.64. The van der Waals surface area contributed by atoms with Gasteiger partial charge in [0.05, 0.1) is 5.56 Å². The Balaban J connectivity index is 1.73. The smallest absolute Gasteiger partial charge is 0.416 e. The van der Waals surface area contributed by atoms with Gasteiger partial charge in [-0.1, -0.05) is 31.2 Å². The second-order valence-corrected chi connectivity index (χ2v) is 8.05. The van der Waals surface area contributed by atoms with Gasteiger partial charge in [0, 0.05) is 18.4 Å². The summed E-state index contributed by atoms with van der Waals surface area (Å²) in [7, 11) is 0. The average molecular weight is 461 g/mol. The van der Waals surface area contributed by atoms with Gasteiger partial charge in [-0.3, -0.25) is 4.79 Å². The molecule has 0 saturated heterocycles. The zero-order valence-electron chi connectivity index (χ0n) is 17.8. The first kappa shape index (κ1) is 24.1. The van der Waals surface area contributed by atoms with E-state index >= 15 is 0 Å². The standard InChI is InChI=1S/C25H23F4NO3/c1-24(17-2-6-21(31)7-3-17,18-4-8-22(32)9-5-18)11-10-23(33)30-15-16-12-19(25(27,28)29)14-20(26)13-16/h2-9,12-14,31-32H,10-11,15H2,1H3,(H,30,33). The van der Waals surface area contributed by atoms with Crippen molar-refractivity contribution >= 4 is 5.91 Å². The molecule has 0 aliphatic rings. The molecule has 174 valence electrons. The molecule has 0 fully saturated rings. The van der Waals surface area contributed by atoms with E-state index in [4.69, 9.17) is 0 Å². The molecule has 3 rings (SSSR count). The van der Waals surface area contributed by atoms with E-state index in [1.165, 1.54) is 24.3 Å². The van der Waals surface area contributed by atoms with Crippen LogP contribution >= 0.6 is 0 Å². The SMILES string of the molecule is CC(CCC(=O)NCc1cc(F)cc(C(F)(F)F)c1)(c1ccc(O)cc1)c1ccc(O)cc1. The maximum atomic E-state index is 13.6. The van der Waals surface area contributed by atoms with Crippen molar-refractivity contribution in [1.29, 1.82) is 0 Å². The Morgan fingerprint density at radius 2 is 1.36 bits per heavy atom. The third-order valence-electron chi connectivity index (χ3n) is 5.64. The van der Waals surface area contributed by atoms with Gasteiger partial charge in [-0.2, -0.15) is 13.2 Å². The zero-order valence-corrected chi connectivity index (χ0v) is 17.8. The van der Waals surface area contributed by atoms with Crippen molar-refractivity contribution in [2.24, 2.45) is 0 Å². The number of carbonyl (C=O) groups excluding carboxylic acids is 1. The molecule has 0 radical (unpaired) electrons. The Hall–Kier alpha value is -3.55. The molecule has 8 heteroatoms. The fourth-order valence-electron chi connectivity index (χ4n) is 3.68. The molecule has 0 bridgehead atoms. The predicted molar refractivity (Wildman–Crippen MR) is 115 cm³/mol. The quantitative estimate of drug-likeness (QED) is 0.398. The van der Waals surface area contributed by atoms with E-state index in [0.717, 1.165) is 23.3 Å². The van der Waals surface area contributed by atoms with Crippen LogP contribution in [0.25, 0.3) is 0 Å². The molecule has 0 aliphatic carbocycles. The van der Waals surface area contributed by atoms with Crippen molar-refractivity contribution in [3.8, 4) is 11.5 Å². The topological polar surface area (TPSA) is 69.6 Å². The van der Waals surface area contributed by atoms with Gasteiger partial charge in [-0.25, -0.2) is 4.39 Å². The number of alkyl halides is 3.